The molecule has 2 aliphatic rings. The highest BCUT2D eigenvalue weighted by atomic mass is 32.2. The maximum absolute atomic E-state index is 11.6. The largest absolute Gasteiger partial charge is 0.390 e. The van der Waals surface area contributed by atoms with Crippen molar-refractivity contribution in [3.8, 4) is 0 Å². The molecule has 2 saturated carbocycles. The van der Waals surface area contributed by atoms with E-state index in [1.165, 1.54) is 12.7 Å². The Kier molecular flexibility index (Phi) is 3.83. The molecule has 17 heavy (non-hydrogen) atoms. The zero-order valence-corrected chi connectivity index (χ0v) is 11.5. The molecule has 0 aromatic carbocycles. The van der Waals surface area contributed by atoms with Gasteiger partial charge in [0.1, 0.15) is 9.84 Å². The highest BCUT2D eigenvalue weighted by Gasteiger charge is 2.41. The molecule has 2 atom stereocenters. The predicted molar refractivity (Wildman–Crippen MR) is 68.6 cm³/mol. The van der Waals surface area contributed by atoms with Gasteiger partial charge < -0.3 is 5.11 Å². The molecule has 2 aliphatic carbocycles. The average Bonchev–Trinajstić information content (AvgIpc) is 2.29. The Bertz CT molecular complexity index is 355. The van der Waals surface area contributed by atoms with Gasteiger partial charge in [0.15, 0.2) is 0 Å². The lowest BCUT2D eigenvalue weighted by Crippen LogP contribution is -2.44. The van der Waals surface area contributed by atoms with Crippen LogP contribution in [0.1, 0.15) is 57.8 Å². The molecule has 0 heterocycles. The molecule has 0 aliphatic heterocycles. The lowest BCUT2D eigenvalue weighted by molar-refractivity contribution is -0.0605. The molecule has 0 amide bonds. The second-order valence-corrected chi connectivity index (χ2v) is 8.31. The molecule has 0 bridgehead atoms. The van der Waals surface area contributed by atoms with E-state index in [1.54, 1.807) is 0 Å². The van der Waals surface area contributed by atoms with E-state index in [0.717, 1.165) is 44.9 Å². The zero-order chi connectivity index (χ0) is 12.5. The Balaban J connectivity index is 2.06. The Morgan fingerprint density at radius 2 is 1.71 bits per heavy atom. The third kappa shape index (κ3) is 3.02. The minimum atomic E-state index is -2.94. The van der Waals surface area contributed by atoms with Gasteiger partial charge >= 0.3 is 0 Å². The summed E-state index contributed by atoms with van der Waals surface area (Å²) in [6.07, 6.45) is 9.89. The molecule has 0 saturated heterocycles. The van der Waals surface area contributed by atoms with Gasteiger partial charge in [-0.25, -0.2) is 8.42 Å². The van der Waals surface area contributed by atoms with Crippen molar-refractivity contribution >= 4 is 9.84 Å². The fourth-order valence-electron chi connectivity index (χ4n) is 3.59. The molecule has 2 fully saturated rings. The second kappa shape index (κ2) is 4.88. The summed E-state index contributed by atoms with van der Waals surface area (Å²) < 4.78 is 23.3. The number of hydrogen-bond acceptors (Lipinski definition) is 3. The first kappa shape index (κ1) is 13.3. The minimum Gasteiger partial charge on any atom is -0.390 e. The van der Waals surface area contributed by atoms with Gasteiger partial charge in [-0.3, -0.25) is 0 Å². The van der Waals surface area contributed by atoms with Gasteiger partial charge in [-0.1, -0.05) is 25.7 Å². The lowest BCUT2D eigenvalue weighted by Gasteiger charge is -2.42. The second-order valence-electron chi connectivity index (χ2n) is 5.98. The van der Waals surface area contributed by atoms with Crippen LogP contribution in [0.5, 0.6) is 0 Å². The Morgan fingerprint density at radius 1 is 1.06 bits per heavy atom. The standard InChI is InChI=1S/C13H24O3S/c1-17(15,16)12-7-5-6-11(10-12)13(14)8-3-2-4-9-13/h11-12,14H,2-10H2,1H3. The third-order valence-electron chi connectivity index (χ3n) is 4.71. The fraction of sp³-hybridized carbons (Fsp3) is 1.00. The Labute approximate surface area is 105 Å². The molecular weight excluding hydrogens is 236 g/mol. The highest BCUT2D eigenvalue weighted by molar-refractivity contribution is 7.91. The van der Waals surface area contributed by atoms with Crippen LogP contribution in [0.15, 0.2) is 0 Å². The van der Waals surface area contributed by atoms with Crippen LogP contribution < -0.4 is 0 Å². The van der Waals surface area contributed by atoms with Crippen LogP contribution >= 0.6 is 0 Å². The lowest BCUT2D eigenvalue weighted by atomic mass is 9.70. The monoisotopic (exact) mass is 260 g/mol. The van der Waals surface area contributed by atoms with Crippen molar-refractivity contribution in [1.29, 1.82) is 0 Å². The van der Waals surface area contributed by atoms with Gasteiger partial charge in [0, 0.05) is 6.26 Å². The molecule has 0 aromatic rings. The first-order valence-electron chi connectivity index (χ1n) is 6.83. The molecule has 0 radical (unpaired) electrons. The van der Waals surface area contributed by atoms with Gasteiger partial charge in [0.05, 0.1) is 10.9 Å². The van der Waals surface area contributed by atoms with E-state index in [4.69, 9.17) is 0 Å². The fourth-order valence-corrected chi connectivity index (χ4v) is 4.77. The number of sulfone groups is 1. The molecule has 2 unspecified atom stereocenters. The molecule has 1 N–H and O–H groups in total. The zero-order valence-electron chi connectivity index (χ0n) is 10.7. The quantitative estimate of drug-likeness (QED) is 0.828. The predicted octanol–water partition coefficient (Wildman–Crippen LogP) is 2.29. The molecule has 2 rings (SSSR count). The summed E-state index contributed by atoms with van der Waals surface area (Å²) >= 11 is 0. The van der Waals surface area contributed by atoms with E-state index in [9.17, 15) is 13.5 Å². The van der Waals surface area contributed by atoms with Crippen LogP contribution in [0.2, 0.25) is 0 Å². The van der Waals surface area contributed by atoms with Crippen molar-refractivity contribution in [2.75, 3.05) is 6.26 Å². The number of aliphatic hydroxyl groups is 1. The SMILES string of the molecule is CS(=O)(=O)C1CCCC(C2(O)CCCCC2)C1. The van der Waals surface area contributed by atoms with Crippen LogP contribution in [0.3, 0.4) is 0 Å². The first-order chi connectivity index (χ1) is 7.92. The normalized spacial score (nSPS) is 34.5. The summed E-state index contributed by atoms with van der Waals surface area (Å²) in [5.74, 6) is 0.205. The summed E-state index contributed by atoms with van der Waals surface area (Å²) in [4.78, 5) is 0. The minimum absolute atomic E-state index is 0.205. The highest BCUT2D eigenvalue weighted by Crippen LogP contribution is 2.42. The van der Waals surface area contributed by atoms with E-state index < -0.39 is 15.4 Å². The molecule has 0 spiro atoms. The van der Waals surface area contributed by atoms with Crippen LogP contribution in [0.4, 0.5) is 0 Å². The van der Waals surface area contributed by atoms with Crippen molar-refractivity contribution in [2.45, 2.75) is 68.6 Å². The Hall–Kier alpha value is -0.0900. The maximum atomic E-state index is 11.6. The van der Waals surface area contributed by atoms with Crippen LogP contribution in [-0.2, 0) is 9.84 Å². The van der Waals surface area contributed by atoms with Crippen molar-refractivity contribution < 1.29 is 13.5 Å². The summed E-state index contributed by atoms with van der Waals surface area (Å²) in [5, 5.41) is 10.5. The van der Waals surface area contributed by atoms with Crippen molar-refractivity contribution in [3.05, 3.63) is 0 Å². The average molecular weight is 260 g/mol. The molecule has 4 heteroatoms. The van der Waals surface area contributed by atoms with Crippen molar-refractivity contribution in [3.63, 3.8) is 0 Å². The van der Waals surface area contributed by atoms with E-state index >= 15 is 0 Å². The van der Waals surface area contributed by atoms with Crippen LogP contribution in [0.25, 0.3) is 0 Å². The van der Waals surface area contributed by atoms with Gasteiger partial charge in [-0.05, 0) is 38.0 Å². The molecule has 3 nitrogen and oxygen atoms in total. The van der Waals surface area contributed by atoms with Gasteiger partial charge in [-0.15, -0.1) is 0 Å². The number of rotatable bonds is 2. The van der Waals surface area contributed by atoms with E-state index in [2.05, 4.69) is 0 Å². The van der Waals surface area contributed by atoms with Crippen LogP contribution in [0, 0.1) is 5.92 Å². The number of hydrogen-bond donors (Lipinski definition) is 1. The van der Waals surface area contributed by atoms with Crippen molar-refractivity contribution in [2.24, 2.45) is 5.92 Å². The van der Waals surface area contributed by atoms with E-state index in [1.807, 2.05) is 0 Å². The van der Waals surface area contributed by atoms with Crippen molar-refractivity contribution in [1.82, 2.24) is 0 Å². The van der Waals surface area contributed by atoms with E-state index in [0.29, 0.717) is 6.42 Å². The molecule has 100 valence electrons. The summed E-state index contributed by atoms with van der Waals surface area (Å²) in [6, 6.07) is 0. The Morgan fingerprint density at radius 3 is 2.29 bits per heavy atom. The van der Waals surface area contributed by atoms with Gasteiger partial charge in [0.25, 0.3) is 0 Å². The first-order valence-corrected chi connectivity index (χ1v) is 8.78. The topological polar surface area (TPSA) is 54.4 Å². The maximum Gasteiger partial charge on any atom is 0.150 e. The molecular formula is C13H24O3S. The van der Waals surface area contributed by atoms with Crippen LogP contribution in [-0.4, -0.2) is 30.6 Å². The summed E-state index contributed by atoms with van der Waals surface area (Å²) in [6.45, 7) is 0. The summed E-state index contributed by atoms with van der Waals surface area (Å²) in [7, 11) is -2.94. The molecule has 0 aromatic heterocycles. The smallest absolute Gasteiger partial charge is 0.150 e. The van der Waals surface area contributed by atoms with E-state index in [-0.39, 0.29) is 11.2 Å². The van der Waals surface area contributed by atoms with Gasteiger partial charge in [-0.2, -0.15) is 0 Å². The summed E-state index contributed by atoms with van der Waals surface area (Å²) in [5.41, 5.74) is -0.568. The van der Waals surface area contributed by atoms with Gasteiger partial charge in [0.2, 0.25) is 0 Å². The third-order valence-corrected chi connectivity index (χ3v) is 6.35.